The van der Waals surface area contributed by atoms with Crippen LogP contribution in [0, 0.1) is 6.92 Å². The molecule has 0 spiro atoms. The summed E-state index contributed by atoms with van der Waals surface area (Å²) >= 11 is 3.16. The molecule has 1 N–H and O–H groups in total. The fraction of sp³-hybridized carbons (Fsp3) is 0.190. The van der Waals surface area contributed by atoms with E-state index in [4.69, 9.17) is 9.47 Å². The van der Waals surface area contributed by atoms with Gasteiger partial charge in [-0.05, 0) is 30.9 Å². The molecule has 1 amide bonds. The second kappa shape index (κ2) is 7.66. The summed E-state index contributed by atoms with van der Waals surface area (Å²) < 4.78 is 13.5. The minimum absolute atomic E-state index is 0.102. The molecule has 0 saturated carbocycles. The second-order valence-corrected chi connectivity index (χ2v) is 8.71. The smallest absolute Gasteiger partial charge is 0.231 e. The molecule has 5 rings (SSSR count). The first-order valence-electron chi connectivity index (χ1n) is 9.29. The van der Waals surface area contributed by atoms with E-state index in [-0.39, 0.29) is 12.7 Å². The highest BCUT2D eigenvalue weighted by molar-refractivity contribution is 7.98. The van der Waals surface area contributed by atoms with Crippen molar-refractivity contribution in [1.29, 1.82) is 0 Å². The molecule has 7 nitrogen and oxygen atoms in total. The Balaban J connectivity index is 1.39. The number of anilines is 1. The number of thioether (sulfide) groups is 1. The van der Waals surface area contributed by atoms with Crippen LogP contribution >= 0.6 is 23.1 Å². The number of carbonyl (C=O) groups excluding carboxylic acids is 1. The molecule has 1 aliphatic heterocycles. The maximum Gasteiger partial charge on any atom is 0.231 e. The number of hydrogen-bond acceptors (Lipinski definition) is 7. The number of aryl methyl sites for hydroxylation is 1. The average Bonchev–Trinajstić information content (AvgIpc) is 3.44. The van der Waals surface area contributed by atoms with Gasteiger partial charge in [0.15, 0.2) is 11.5 Å². The Bertz CT molecular complexity index is 1210. The Morgan fingerprint density at radius 3 is 2.73 bits per heavy atom. The minimum atomic E-state index is -0.102. The van der Waals surface area contributed by atoms with Crippen LogP contribution in [0.25, 0.3) is 15.3 Å². The molecule has 0 bridgehead atoms. The monoisotopic (exact) mass is 438 g/mol. The Morgan fingerprint density at radius 2 is 1.97 bits per heavy atom. The highest BCUT2D eigenvalue weighted by Gasteiger charge is 2.19. The topological polar surface area (TPSA) is 78.3 Å². The predicted molar refractivity (Wildman–Crippen MR) is 118 cm³/mol. The number of nitrogens with zero attached hydrogens (tertiary/aromatic N) is 3. The number of rotatable bonds is 5. The molecule has 2 aromatic heterocycles. The summed E-state index contributed by atoms with van der Waals surface area (Å²) in [6, 6.07) is 13.6. The summed E-state index contributed by atoms with van der Waals surface area (Å²) in [7, 11) is 0. The lowest BCUT2D eigenvalue weighted by Gasteiger charge is -2.07. The van der Waals surface area contributed by atoms with Crippen molar-refractivity contribution in [2.24, 2.45) is 0 Å². The largest absolute Gasteiger partial charge is 0.454 e. The molecule has 9 heteroatoms. The lowest BCUT2D eigenvalue weighted by Crippen LogP contribution is -2.17. The van der Waals surface area contributed by atoms with Crippen LogP contribution in [0.3, 0.4) is 0 Å². The number of benzene rings is 2. The summed E-state index contributed by atoms with van der Waals surface area (Å²) in [5, 5.41) is 8.16. The van der Waals surface area contributed by atoms with Gasteiger partial charge in [-0.25, -0.2) is 4.98 Å². The molecule has 0 fully saturated rings. The van der Waals surface area contributed by atoms with Crippen molar-refractivity contribution in [3.8, 4) is 16.6 Å². The van der Waals surface area contributed by atoms with Gasteiger partial charge in [0.1, 0.15) is 5.82 Å². The molecule has 2 aromatic carbocycles. The van der Waals surface area contributed by atoms with Gasteiger partial charge in [0, 0.05) is 23.1 Å². The molecule has 0 unspecified atom stereocenters. The normalized spacial score (nSPS) is 12.5. The summed E-state index contributed by atoms with van der Waals surface area (Å²) in [6.07, 6.45) is 2.32. The third-order valence-electron chi connectivity index (χ3n) is 4.68. The van der Waals surface area contributed by atoms with Crippen LogP contribution in [0.4, 0.5) is 5.82 Å². The first kappa shape index (κ1) is 19.0. The van der Waals surface area contributed by atoms with E-state index >= 15 is 0 Å². The van der Waals surface area contributed by atoms with E-state index in [0.717, 1.165) is 27.2 Å². The first-order chi connectivity index (χ1) is 14.6. The number of nitrogens with one attached hydrogen (secondary N) is 1. The van der Waals surface area contributed by atoms with Gasteiger partial charge in [-0.2, -0.15) is 9.78 Å². The molecule has 3 heterocycles. The lowest BCUT2D eigenvalue weighted by molar-refractivity contribution is -0.115. The molecule has 152 valence electrons. The highest BCUT2D eigenvalue weighted by Crippen LogP contribution is 2.38. The summed E-state index contributed by atoms with van der Waals surface area (Å²) in [5.41, 5.74) is 2.56. The van der Waals surface area contributed by atoms with Crippen LogP contribution in [0.5, 0.6) is 11.5 Å². The van der Waals surface area contributed by atoms with Gasteiger partial charge in [-0.3, -0.25) is 4.79 Å². The first-order valence-corrected chi connectivity index (χ1v) is 11.3. The standard InChI is InChI=1S/C21H18N4O3S2/c1-12-7-19(23-20(26)8-13-3-5-14(29-2)6-4-13)25(24-12)21-22-15-9-16-17(28-11-27-16)10-18(15)30-21/h3-7,9-10H,8,11H2,1-2H3,(H,23,26). The van der Waals surface area contributed by atoms with Gasteiger partial charge in [0.25, 0.3) is 0 Å². The van der Waals surface area contributed by atoms with Gasteiger partial charge >= 0.3 is 0 Å². The minimum Gasteiger partial charge on any atom is -0.454 e. The molecule has 4 aromatic rings. The lowest BCUT2D eigenvalue weighted by atomic mass is 10.1. The number of ether oxygens (including phenoxy) is 2. The average molecular weight is 439 g/mol. The van der Waals surface area contributed by atoms with Crippen LogP contribution in [0.1, 0.15) is 11.3 Å². The molecular formula is C21H18N4O3S2. The summed E-state index contributed by atoms with van der Waals surface area (Å²) in [6.45, 7) is 2.12. The van der Waals surface area contributed by atoms with Gasteiger partial charge in [0.05, 0.1) is 22.3 Å². The van der Waals surface area contributed by atoms with Gasteiger partial charge in [-0.15, -0.1) is 11.8 Å². The number of hydrogen-bond donors (Lipinski definition) is 1. The van der Waals surface area contributed by atoms with Crippen molar-refractivity contribution >= 4 is 45.0 Å². The van der Waals surface area contributed by atoms with Gasteiger partial charge < -0.3 is 14.8 Å². The Labute approximate surface area is 181 Å². The molecule has 30 heavy (non-hydrogen) atoms. The van der Waals surface area contributed by atoms with Crippen molar-refractivity contribution in [1.82, 2.24) is 14.8 Å². The van der Waals surface area contributed by atoms with E-state index in [9.17, 15) is 4.79 Å². The van der Waals surface area contributed by atoms with Crippen molar-refractivity contribution in [2.45, 2.75) is 18.2 Å². The number of aromatic nitrogens is 3. The van der Waals surface area contributed by atoms with E-state index in [0.29, 0.717) is 23.1 Å². The summed E-state index contributed by atoms with van der Waals surface area (Å²) in [5.74, 6) is 1.90. The quantitative estimate of drug-likeness (QED) is 0.465. The second-order valence-electron chi connectivity index (χ2n) is 6.83. The SMILES string of the molecule is CSc1ccc(CC(=O)Nc2cc(C)nn2-c2nc3cc4c(cc3s2)OCO4)cc1. The Morgan fingerprint density at radius 1 is 1.20 bits per heavy atom. The third kappa shape index (κ3) is 3.61. The molecule has 0 aliphatic carbocycles. The number of fused-ring (bicyclic) bond motifs is 2. The van der Waals surface area contributed by atoms with Crippen molar-refractivity contribution in [3.05, 3.63) is 53.7 Å². The van der Waals surface area contributed by atoms with Crippen LogP contribution in [-0.4, -0.2) is 33.7 Å². The molecule has 1 aliphatic rings. The molecular weight excluding hydrogens is 420 g/mol. The predicted octanol–water partition coefficient (Wildman–Crippen LogP) is 4.42. The van der Waals surface area contributed by atoms with E-state index in [2.05, 4.69) is 15.4 Å². The van der Waals surface area contributed by atoms with E-state index in [1.807, 2.05) is 55.6 Å². The maximum absolute atomic E-state index is 12.6. The van der Waals surface area contributed by atoms with Crippen LogP contribution in [0.15, 0.2) is 47.4 Å². The van der Waals surface area contributed by atoms with Crippen molar-refractivity contribution < 1.29 is 14.3 Å². The van der Waals surface area contributed by atoms with Gasteiger partial charge in [-0.1, -0.05) is 23.5 Å². The zero-order valence-corrected chi connectivity index (χ0v) is 18.0. The zero-order valence-electron chi connectivity index (χ0n) is 16.3. The number of amides is 1. The van der Waals surface area contributed by atoms with Crippen LogP contribution in [0.2, 0.25) is 0 Å². The van der Waals surface area contributed by atoms with E-state index in [1.165, 1.54) is 16.2 Å². The fourth-order valence-electron chi connectivity index (χ4n) is 3.25. The van der Waals surface area contributed by atoms with Crippen LogP contribution < -0.4 is 14.8 Å². The Hall–Kier alpha value is -3.04. The molecule has 0 radical (unpaired) electrons. The Kier molecular flexibility index (Phi) is 4.84. The van der Waals surface area contributed by atoms with E-state index < -0.39 is 0 Å². The van der Waals surface area contributed by atoms with Crippen molar-refractivity contribution in [2.75, 3.05) is 18.4 Å². The molecule has 0 saturated heterocycles. The summed E-state index contributed by atoms with van der Waals surface area (Å²) in [4.78, 5) is 18.5. The maximum atomic E-state index is 12.6. The van der Waals surface area contributed by atoms with Crippen LogP contribution in [-0.2, 0) is 11.2 Å². The van der Waals surface area contributed by atoms with E-state index in [1.54, 1.807) is 16.4 Å². The van der Waals surface area contributed by atoms with Gasteiger partial charge in [0.2, 0.25) is 17.8 Å². The molecule has 0 atom stereocenters. The highest BCUT2D eigenvalue weighted by atomic mass is 32.2. The van der Waals surface area contributed by atoms with Crippen molar-refractivity contribution in [3.63, 3.8) is 0 Å². The number of carbonyl (C=O) groups is 1. The zero-order chi connectivity index (χ0) is 20.7. The third-order valence-corrected chi connectivity index (χ3v) is 6.41. The fourth-order valence-corrected chi connectivity index (χ4v) is 4.60. The number of thiazole rings is 1.